The maximum absolute atomic E-state index is 12.2. The molecule has 2 amide bonds. The summed E-state index contributed by atoms with van der Waals surface area (Å²) in [4.78, 5) is 39.0. The number of nitrogens with one attached hydrogen (secondary N) is 2. The Labute approximate surface area is 151 Å². The number of thioether (sulfide) groups is 1. The van der Waals surface area contributed by atoms with E-state index in [0.717, 1.165) is 0 Å². The normalized spacial score (nSPS) is 14.0. The molecule has 0 aromatic heterocycles. The van der Waals surface area contributed by atoms with Gasteiger partial charge in [0.05, 0.1) is 6.04 Å². The first-order valence-corrected chi connectivity index (χ1v) is 9.21. The first-order chi connectivity index (χ1) is 11.7. The van der Waals surface area contributed by atoms with E-state index in [2.05, 4.69) is 15.6 Å². The number of carboxylic acid groups (broad SMARTS) is 1. The summed E-state index contributed by atoms with van der Waals surface area (Å²) in [5.74, 6) is -1.59. The van der Waals surface area contributed by atoms with Crippen LogP contribution in [0.15, 0.2) is 4.99 Å². The fraction of sp³-hybridized carbons (Fsp3) is 0.714. The van der Waals surface area contributed by atoms with Crippen molar-refractivity contribution in [1.82, 2.24) is 10.6 Å². The van der Waals surface area contributed by atoms with Crippen molar-refractivity contribution in [2.45, 2.75) is 44.3 Å². The number of hydrogen-bond acceptors (Lipinski definition) is 6. The van der Waals surface area contributed by atoms with Crippen molar-refractivity contribution < 1.29 is 19.5 Å². The van der Waals surface area contributed by atoms with Gasteiger partial charge in [0.1, 0.15) is 12.1 Å². The molecule has 9 N–H and O–H groups in total. The summed E-state index contributed by atoms with van der Waals surface area (Å²) in [5.41, 5.74) is 16.2. The summed E-state index contributed by atoms with van der Waals surface area (Å²) in [7, 11) is 0. The Bertz CT molecular complexity index is 484. The predicted molar refractivity (Wildman–Crippen MR) is 98.1 cm³/mol. The zero-order valence-corrected chi connectivity index (χ0v) is 15.3. The van der Waals surface area contributed by atoms with Crippen LogP contribution in [0.5, 0.6) is 0 Å². The molecule has 11 heteroatoms. The number of carboxylic acids is 1. The molecule has 144 valence electrons. The van der Waals surface area contributed by atoms with Gasteiger partial charge in [0.25, 0.3) is 0 Å². The van der Waals surface area contributed by atoms with Crippen LogP contribution in [0.4, 0.5) is 0 Å². The van der Waals surface area contributed by atoms with Crippen molar-refractivity contribution in [3.8, 4) is 0 Å². The Balaban J connectivity index is 4.61. The molecular weight excluding hydrogens is 348 g/mol. The predicted octanol–water partition coefficient (Wildman–Crippen LogP) is -1.81. The van der Waals surface area contributed by atoms with E-state index in [4.69, 9.17) is 22.3 Å². The number of amides is 2. The van der Waals surface area contributed by atoms with Gasteiger partial charge in [0, 0.05) is 6.54 Å². The second kappa shape index (κ2) is 12.4. The number of hydrogen-bond donors (Lipinski definition) is 6. The minimum absolute atomic E-state index is 0.0284. The van der Waals surface area contributed by atoms with Gasteiger partial charge in [-0.15, -0.1) is 0 Å². The molecule has 0 bridgehead atoms. The Hall–Kier alpha value is -2.01. The van der Waals surface area contributed by atoms with E-state index in [1.807, 2.05) is 6.26 Å². The van der Waals surface area contributed by atoms with Crippen molar-refractivity contribution in [3.05, 3.63) is 0 Å². The van der Waals surface area contributed by atoms with Gasteiger partial charge in [-0.1, -0.05) is 0 Å². The Morgan fingerprint density at radius 1 is 1.16 bits per heavy atom. The fourth-order valence-electron chi connectivity index (χ4n) is 1.81. The standard InChI is InChI=1S/C14H28N6O4S/c1-8(13(23)24)19-12(22)10(5-7-25-2)20-11(21)9(15)4-3-6-18-14(16)17/h8-10H,3-7,15H2,1-2H3,(H,19,22)(H,20,21)(H,23,24)(H4,16,17,18). The molecule has 0 aliphatic carbocycles. The van der Waals surface area contributed by atoms with Crippen LogP contribution in [0.1, 0.15) is 26.2 Å². The summed E-state index contributed by atoms with van der Waals surface area (Å²) in [6, 6.07) is -2.70. The second-order valence-corrected chi connectivity index (χ2v) is 6.45. The maximum Gasteiger partial charge on any atom is 0.325 e. The number of guanidine groups is 1. The summed E-state index contributed by atoms with van der Waals surface area (Å²) >= 11 is 1.51. The van der Waals surface area contributed by atoms with E-state index in [0.29, 0.717) is 31.6 Å². The monoisotopic (exact) mass is 376 g/mol. The number of rotatable bonds is 12. The molecule has 0 saturated heterocycles. The molecular formula is C14H28N6O4S. The molecule has 0 spiro atoms. The van der Waals surface area contributed by atoms with Crippen LogP contribution in [-0.2, 0) is 14.4 Å². The molecule has 0 aliphatic rings. The summed E-state index contributed by atoms with van der Waals surface area (Å²) < 4.78 is 0. The van der Waals surface area contributed by atoms with Crippen LogP contribution in [0.25, 0.3) is 0 Å². The lowest BCUT2D eigenvalue weighted by molar-refractivity contribution is -0.141. The minimum atomic E-state index is -1.15. The van der Waals surface area contributed by atoms with E-state index >= 15 is 0 Å². The summed E-state index contributed by atoms with van der Waals surface area (Å²) in [6.45, 7) is 1.71. The largest absolute Gasteiger partial charge is 0.480 e. The van der Waals surface area contributed by atoms with Crippen LogP contribution in [0, 0.1) is 0 Å². The molecule has 0 aliphatic heterocycles. The van der Waals surface area contributed by atoms with Crippen molar-refractivity contribution in [2.24, 2.45) is 22.2 Å². The molecule has 0 aromatic rings. The molecule has 0 aromatic carbocycles. The Morgan fingerprint density at radius 2 is 1.80 bits per heavy atom. The first-order valence-electron chi connectivity index (χ1n) is 7.82. The van der Waals surface area contributed by atoms with E-state index in [1.165, 1.54) is 18.7 Å². The third-order valence-corrected chi connectivity index (χ3v) is 3.92. The topological polar surface area (TPSA) is 186 Å². The van der Waals surface area contributed by atoms with E-state index in [9.17, 15) is 14.4 Å². The van der Waals surface area contributed by atoms with Crippen LogP contribution in [-0.4, -0.2) is 65.5 Å². The third kappa shape index (κ3) is 10.5. The van der Waals surface area contributed by atoms with Gasteiger partial charge >= 0.3 is 5.97 Å². The van der Waals surface area contributed by atoms with Crippen molar-refractivity contribution in [2.75, 3.05) is 18.6 Å². The molecule has 3 unspecified atom stereocenters. The first kappa shape index (κ1) is 23.0. The van der Waals surface area contributed by atoms with E-state index < -0.39 is 35.9 Å². The lowest BCUT2D eigenvalue weighted by atomic mass is 10.1. The van der Waals surface area contributed by atoms with E-state index in [1.54, 1.807) is 0 Å². The zero-order chi connectivity index (χ0) is 19.4. The van der Waals surface area contributed by atoms with Gasteiger partial charge < -0.3 is 32.9 Å². The average molecular weight is 376 g/mol. The highest BCUT2D eigenvalue weighted by molar-refractivity contribution is 7.98. The number of nitrogens with zero attached hydrogens (tertiary/aromatic N) is 1. The highest BCUT2D eigenvalue weighted by atomic mass is 32.2. The van der Waals surface area contributed by atoms with Crippen molar-refractivity contribution >= 4 is 35.5 Å². The number of carbonyl (C=O) groups excluding carboxylic acids is 2. The molecule has 0 fully saturated rings. The highest BCUT2D eigenvalue weighted by Gasteiger charge is 2.25. The van der Waals surface area contributed by atoms with Gasteiger partial charge in [0.15, 0.2) is 5.96 Å². The van der Waals surface area contributed by atoms with Gasteiger partial charge in [0.2, 0.25) is 11.8 Å². The number of carbonyl (C=O) groups is 3. The quantitative estimate of drug-likeness (QED) is 0.131. The zero-order valence-electron chi connectivity index (χ0n) is 14.5. The molecule has 3 atom stereocenters. The molecule has 0 heterocycles. The highest BCUT2D eigenvalue weighted by Crippen LogP contribution is 2.03. The maximum atomic E-state index is 12.2. The average Bonchev–Trinajstić information content (AvgIpc) is 2.54. The third-order valence-electron chi connectivity index (χ3n) is 3.28. The van der Waals surface area contributed by atoms with Crippen LogP contribution < -0.4 is 27.8 Å². The van der Waals surface area contributed by atoms with Crippen LogP contribution in [0.2, 0.25) is 0 Å². The van der Waals surface area contributed by atoms with E-state index in [-0.39, 0.29) is 5.96 Å². The number of aliphatic imine (C=N–C) groups is 1. The summed E-state index contributed by atoms with van der Waals surface area (Å²) in [5, 5.41) is 13.8. The number of nitrogens with two attached hydrogens (primary N) is 3. The van der Waals surface area contributed by atoms with Gasteiger partial charge in [-0.25, -0.2) is 0 Å². The molecule has 10 nitrogen and oxygen atoms in total. The Kier molecular flexibility index (Phi) is 11.4. The smallest absolute Gasteiger partial charge is 0.325 e. The van der Waals surface area contributed by atoms with Gasteiger partial charge in [-0.05, 0) is 38.2 Å². The second-order valence-electron chi connectivity index (χ2n) is 5.47. The molecule has 0 radical (unpaired) electrons. The lowest BCUT2D eigenvalue weighted by Gasteiger charge is -2.21. The van der Waals surface area contributed by atoms with Gasteiger partial charge in [-0.3, -0.25) is 19.4 Å². The Morgan fingerprint density at radius 3 is 2.32 bits per heavy atom. The van der Waals surface area contributed by atoms with Crippen molar-refractivity contribution in [1.29, 1.82) is 0 Å². The summed E-state index contributed by atoms with van der Waals surface area (Å²) in [6.07, 6.45) is 3.10. The molecule has 25 heavy (non-hydrogen) atoms. The van der Waals surface area contributed by atoms with Crippen LogP contribution in [0.3, 0.4) is 0 Å². The fourth-order valence-corrected chi connectivity index (χ4v) is 2.28. The minimum Gasteiger partial charge on any atom is -0.480 e. The lowest BCUT2D eigenvalue weighted by Crippen LogP contribution is -2.54. The SMILES string of the molecule is CSCCC(NC(=O)C(N)CCCN=C(N)N)C(=O)NC(C)C(=O)O. The van der Waals surface area contributed by atoms with Crippen molar-refractivity contribution in [3.63, 3.8) is 0 Å². The van der Waals surface area contributed by atoms with Gasteiger partial charge in [-0.2, -0.15) is 11.8 Å². The van der Waals surface area contributed by atoms with Crippen LogP contribution >= 0.6 is 11.8 Å². The molecule has 0 saturated carbocycles. The molecule has 0 rings (SSSR count). The number of aliphatic carboxylic acids is 1.